The zero-order valence-electron chi connectivity index (χ0n) is 21.0. The van der Waals surface area contributed by atoms with Crippen LogP contribution in [0.4, 0.5) is 26.3 Å². The quantitative estimate of drug-likeness (QED) is 0.383. The summed E-state index contributed by atoms with van der Waals surface area (Å²) in [4.78, 5) is 26.4. The summed E-state index contributed by atoms with van der Waals surface area (Å²) < 4.78 is 80.2. The molecule has 6 nitrogen and oxygen atoms in total. The van der Waals surface area contributed by atoms with E-state index in [2.05, 4.69) is 26.3 Å². The summed E-state index contributed by atoms with van der Waals surface area (Å²) in [5.74, 6) is -1.75. The van der Waals surface area contributed by atoms with Gasteiger partial charge in [0, 0.05) is 22.3 Å². The van der Waals surface area contributed by atoms with Gasteiger partial charge in [-0.1, -0.05) is 52.4 Å². The van der Waals surface area contributed by atoms with Gasteiger partial charge in [-0.3, -0.25) is 14.3 Å². The normalized spacial score (nSPS) is 20.5. The highest BCUT2D eigenvalue weighted by Gasteiger charge is 2.51. The van der Waals surface area contributed by atoms with E-state index in [1.54, 1.807) is 19.1 Å². The van der Waals surface area contributed by atoms with Gasteiger partial charge in [0.2, 0.25) is 11.8 Å². The number of allylic oxidation sites excluding steroid dienone is 2. The van der Waals surface area contributed by atoms with Gasteiger partial charge in [-0.2, -0.15) is 43.2 Å². The molecule has 2 amide bonds. The van der Waals surface area contributed by atoms with Crippen LogP contribution in [0.1, 0.15) is 35.0 Å². The van der Waals surface area contributed by atoms with Crippen molar-refractivity contribution in [2.75, 3.05) is 12.0 Å². The lowest BCUT2D eigenvalue weighted by Crippen LogP contribution is -2.54. The topological polar surface area (TPSA) is 90.0 Å². The average molecular weight is 639 g/mol. The lowest BCUT2D eigenvalue weighted by Gasteiger charge is -2.38. The number of rotatable bonds is 8. The van der Waals surface area contributed by atoms with Crippen LogP contribution in [0.5, 0.6) is 0 Å². The SMILES string of the molecule is CSC[C@H](C)NC(=O)C1C(Br)=CC=CC1(C(N)=O)c1ccc(Cn2nc(C(F)(F)F)cc2C(F)(F)F)cc1C. The van der Waals surface area contributed by atoms with Gasteiger partial charge in [0.15, 0.2) is 5.69 Å². The Hall–Kier alpha value is -2.74. The summed E-state index contributed by atoms with van der Waals surface area (Å²) in [6.45, 7) is 2.76. The molecule has 1 aromatic carbocycles. The number of aryl methyl sites for hydroxylation is 1. The second kappa shape index (κ2) is 11.4. The molecule has 39 heavy (non-hydrogen) atoms. The van der Waals surface area contributed by atoms with Gasteiger partial charge >= 0.3 is 12.4 Å². The number of nitrogens with one attached hydrogen (secondary N) is 1. The third-order valence-corrected chi connectivity index (χ3v) is 7.81. The molecule has 0 bridgehead atoms. The number of amides is 2. The molecule has 0 saturated carbocycles. The fourth-order valence-electron chi connectivity index (χ4n) is 4.62. The Labute approximate surface area is 233 Å². The highest BCUT2D eigenvalue weighted by atomic mass is 79.9. The van der Waals surface area contributed by atoms with Gasteiger partial charge in [-0.05, 0) is 36.8 Å². The van der Waals surface area contributed by atoms with Crippen LogP contribution in [0, 0.1) is 12.8 Å². The first-order chi connectivity index (χ1) is 18.0. The monoisotopic (exact) mass is 638 g/mol. The van der Waals surface area contributed by atoms with Crippen LogP contribution >= 0.6 is 27.7 Å². The molecular weight excluding hydrogens is 614 g/mol. The summed E-state index contributed by atoms with van der Waals surface area (Å²) >= 11 is 4.90. The van der Waals surface area contributed by atoms with Gasteiger partial charge < -0.3 is 11.1 Å². The molecule has 14 heteroatoms. The van der Waals surface area contributed by atoms with Crippen molar-refractivity contribution in [2.24, 2.45) is 11.7 Å². The summed E-state index contributed by atoms with van der Waals surface area (Å²) in [5, 5.41) is 6.01. The Kier molecular flexibility index (Phi) is 9.00. The Morgan fingerprint density at radius 1 is 1.21 bits per heavy atom. The molecule has 1 aromatic heterocycles. The number of primary amides is 1. The number of thioether (sulfide) groups is 1. The van der Waals surface area contributed by atoms with Gasteiger partial charge in [-0.25, -0.2) is 0 Å². The number of hydrogen-bond acceptors (Lipinski definition) is 4. The van der Waals surface area contributed by atoms with Crippen LogP contribution in [-0.4, -0.2) is 39.6 Å². The molecule has 3 N–H and O–H groups in total. The molecule has 1 aliphatic carbocycles. The van der Waals surface area contributed by atoms with Crippen molar-refractivity contribution in [3.05, 3.63) is 75.1 Å². The zero-order valence-corrected chi connectivity index (χ0v) is 23.4. The second-order valence-corrected chi connectivity index (χ2v) is 11.0. The van der Waals surface area contributed by atoms with Crippen molar-refractivity contribution in [3.63, 3.8) is 0 Å². The van der Waals surface area contributed by atoms with Gasteiger partial charge in [0.05, 0.1) is 12.5 Å². The van der Waals surface area contributed by atoms with Crippen molar-refractivity contribution in [3.8, 4) is 0 Å². The number of benzene rings is 1. The van der Waals surface area contributed by atoms with E-state index in [1.807, 2.05) is 13.2 Å². The Bertz CT molecular complexity index is 1320. The smallest absolute Gasteiger partial charge is 0.369 e. The van der Waals surface area contributed by atoms with Crippen LogP contribution in [-0.2, 0) is 33.9 Å². The van der Waals surface area contributed by atoms with E-state index in [4.69, 9.17) is 5.73 Å². The minimum Gasteiger partial charge on any atom is -0.369 e. The Morgan fingerprint density at radius 3 is 2.41 bits per heavy atom. The first kappa shape index (κ1) is 30.8. The van der Waals surface area contributed by atoms with Crippen molar-refractivity contribution in [1.29, 1.82) is 0 Å². The molecule has 3 atom stereocenters. The third-order valence-electron chi connectivity index (χ3n) is 6.25. The second-order valence-electron chi connectivity index (χ2n) is 9.16. The summed E-state index contributed by atoms with van der Waals surface area (Å²) in [7, 11) is 0. The van der Waals surface area contributed by atoms with E-state index in [0.29, 0.717) is 21.4 Å². The van der Waals surface area contributed by atoms with Gasteiger partial charge in [0.25, 0.3) is 0 Å². The first-order valence-corrected chi connectivity index (χ1v) is 13.7. The maximum Gasteiger partial charge on any atom is 0.435 e. The van der Waals surface area contributed by atoms with E-state index in [0.717, 1.165) is 0 Å². The van der Waals surface area contributed by atoms with Crippen molar-refractivity contribution in [2.45, 2.75) is 44.2 Å². The third kappa shape index (κ3) is 6.37. The summed E-state index contributed by atoms with van der Waals surface area (Å²) in [5.41, 5.74) is 1.94. The molecule has 0 saturated heterocycles. The Morgan fingerprint density at radius 2 is 1.87 bits per heavy atom. The maximum absolute atomic E-state index is 13.4. The van der Waals surface area contributed by atoms with Crippen molar-refractivity contribution < 1.29 is 35.9 Å². The number of nitrogens with two attached hydrogens (primary N) is 1. The number of hydrogen-bond donors (Lipinski definition) is 2. The molecule has 3 rings (SSSR count). The van der Waals surface area contributed by atoms with Crippen LogP contribution in [0.15, 0.2) is 47.0 Å². The molecule has 1 aliphatic rings. The fraction of sp³-hybridized carbons (Fsp3) is 0.400. The molecule has 1 heterocycles. The number of carbonyl (C=O) groups is 2. The maximum atomic E-state index is 13.4. The van der Waals surface area contributed by atoms with Crippen molar-refractivity contribution in [1.82, 2.24) is 15.1 Å². The molecule has 0 fully saturated rings. The summed E-state index contributed by atoms with van der Waals surface area (Å²) in [6, 6.07) is 3.99. The van der Waals surface area contributed by atoms with Crippen LogP contribution in [0.3, 0.4) is 0 Å². The number of carbonyl (C=O) groups excluding carboxylic acids is 2. The molecular formula is C25H25BrF6N4O2S. The first-order valence-electron chi connectivity index (χ1n) is 11.5. The standard InChI is InChI=1S/C25H25BrF6N4O2S/c1-13-9-15(11-36-19(25(30,31)32)10-18(35-36)24(27,28)29)6-7-16(13)23(22(33)38)8-4-5-17(26)20(23)21(37)34-14(2)12-39-3/h4-10,14,20H,11-12H2,1-3H3,(H2,33,38)(H,34,37)/t14-,20?,23?/m0/s1. The molecule has 0 radical (unpaired) electrons. The predicted molar refractivity (Wildman–Crippen MR) is 139 cm³/mol. The van der Waals surface area contributed by atoms with Crippen LogP contribution in [0.25, 0.3) is 0 Å². The zero-order chi connectivity index (χ0) is 29.3. The number of aromatic nitrogens is 2. The molecule has 0 spiro atoms. The average Bonchev–Trinajstić information content (AvgIpc) is 3.24. The van der Waals surface area contributed by atoms with E-state index >= 15 is 0 Å². The molecule has 0 aliphatic heterocycles. The minimum absolute atomic E-state index is 0.0404. The van der Waals surface area contributed by atoms with Gasteiger partial charge in [-0.15, -0.1) is 0 Å². The van der Waals surface area contributed by atoms with E-state index in [9.17, 15) is 35.9 Å². The van der Waals surface area contributed by atoms with E-state index in [-0.39, 0.29) is 22.4 Å². The molecule has 212 valence electrons. The summed E-state index contributed by atoms with van der Waals surface area (Å²) in [6.07, 6.45) is -3.57. The van der Waals surface area contributed by atoms with Crippen LogP contribution < -0.4 is 11.1 Å². The number of nitrogens with zero attached hydrogens (tertiary/aromatic N) is 2. The molecule has 2 aromatic rings. The van der Waals surface area contributed by atoms with Crippen molar-refractivity contribution >= 4 is 39.5 Å². The lowest BCUT2D eigenvalue weighted by atomic mass is 9.65. The number of alkyl halides is 6. The Balaban J connectivity index is 2.06. The highest BCUT2D eigenvalue weighted by Crippen LogP contribution is 2.44. The largest absolute Gasteiger partial charge is 0.435 e. The molecule has 2 unspecified atom stereocenters. The lowest BCUT2D eigenvalue weighted by molar-refractivity contribution is -0.144. The predicted octanol–water partition coefficient (Wildman–Crippen LogP) is 5.33. The van der Waals surface area contributed by atoms with Gasteiger partial charge in [0.1, 0.15) is 11.1 Å². The fourth-order valence-corrected chi connectivity index (χ4v) is 5.92. The van der Waals surface area contributed by atoms with E-state index < -0.39 is 53.4 Å². The number of halogens is 7. The van der Waals surface area contributed by atoms with Crippen LogP contribution in [0.2, 0.25) is 0 Å². The minimum atomic E-state index is -5.07. The van der Waals surface area contributed by atoms with E-state index in [1.165, 1.54) is 36.0 Å². The highest BCUT2D eigenvalue weighted by molar-refractivity contribution is 9.11.